The Kier molecular flexibility index (Phi) is 3.12. The predicted octanol–water partition coefficient (Wildman–Crippen LogP) is 0.900. The molecule has 7 heteroatoms. The summed E-state index contributed by atoms with van der Waals surface area (Å²) in [6.07, 6.45) is 1.49. The molecule has 0 unspecified atom stereocenters. The number of pyridine rings is 1. The Bertz CT molecular complexity index is 675. The molecule has 0 spiro atoms. The Morgan fingerprint density at radius 3 is 2.74 bits per heavy atom. The van der Waals surface area contributed by atoms with Crippen LogP contribution in [0, 0.1) is 0 Å². The van der Waals surface area contributed by atoms with Gasteiger partial charge in [-0.1, -0.05) is 0 Å². The quantitative estimate of drug-likeness (QED) is 0.783. The van der Waals surface area contributed by atoms with E-state index in [1.54, 1.807) is 17.7 Å². The van der Waals surface area contributed by atoms with Crippen molar-refractivity contribution < 1.29 is 14.3 Å². The van der Waals surface area contributed by atoms with Crippen LogP contribution in [-0.2, 0) is 16.6 Å². The number of ether oxygens (including phenoxy) is 1. The van der Waals surface area contributed by atoms with E-state index in [9.17, 15) is 9.59 Å². The van der Waals surface area contributed by atoms with Crippen LogP contribution < -0.4 is 11.1 Å². The maximum absolute atomic E-state index is 11.8. The highest BCUT2D eigenvalue weighted by Gasteiger charge is 2.23. The fourth-order valence-corrected chi connectivity index (χ4v) is 1.96. The molecule has 0 aromatic carbocycles. The van der Waals surface area contributed by atoms with Gasteiger partial charge in [0.2, 0.25) is 5.91 Å². The fraction of sp³-hybridized carbons (Fsp3) is 0.250. The van der Waals surface area contributed by atoms with Crippen molar-refractivity contribution in [3.05, 3.63) is 18.0 Å². The van der Waals surface area contributed by atoms with Gasteiger partial charge in [-0.15, -0.1) is 0 Å². The topological polar surface area (TPSA) is 99.2 Å². The lowest BCUT2D eigenvalue weighted by molar-refractivity contribution is -0.114. The van der Waals surface area contributed by atoms with E-state index in [0.29, 0.717) is 22.4 Å². The van der Waals surface area contributed by atoms with Gasteiger partial charge in [-0.2, -0.15) is 0 Å². The van der Waals surface area contributed by atoms with E-state index >= 15 is 0 Å². The Morgan fingerprint density at radius 2 is 2.16 bits per heavy atom. The average Bonchev–Trinajstić information content (AvgIpc) is 2.61. The first kappa shape index (κ1) is 12.9. The number of carbonyl (C=O) groups excluding carboxylic acids is 2. The molecule has 2 aromatic rings. The number of amides is 1. The zero-order valence-corrected chi connectivity index (χ0v) is 10.9. The van der Waals surface area contributed by atoms with E-state index in [1.165, 1.54) is 20.2 Å². The normalized spacial score (nSPS) is 10.5. The van der Waals surface area contributed by atoms with Crippen LogP contribution in [0.3, 0.4) is 0 Å². The molecule has 1 amide bonds. The Morgan fingerprint density at radius 1 is 1.47 bits per heavy atom. The van der Waals surface area contributed by atoms with Crippen molar-refractivity contribution in [1.82, 2.24) is 9.55 Å². The first-order valence-corrected chi connectivity index (χ1v) is 5.55. The van der Waals surface area contributed by atoms with Crippen LogP contribution in [0.5, 0.6) is 0 Å². The number of carbonyl (C=O) groups is 2. The zero-order chi connectivity index (χ0) is 14.2. The molecule has 0 aliphatic carbocycles. The predicted molar refractivity (Wildman–Crippen MR) is 70.8 cm³/mol. The Hall–Kier alpha value is -2.57. The van der Waals surface area contributed by atoms with Gasteiger partial charge in [0.15, 0.2) is 5.69 Å². The first-order chi connectivity index (χ1) is 8.95. The molecule has 2 rings (SSSR count). The summed E-state index contributed by atoms with van der Waals surface area (Å²) in [5, 5.41) is 3.22. The summed E-state index contributed by atoms with van der Waals surface area (Å²) >= 11 is 0. The molecule has 0 fully saturated rings. The number of nitrogens with two attached hydrogens (primary N) is 1. The average molecular weight is 262 g/mol. The van der Waals surface area contributed by atoms with Gasteiger partial charge in [-0.05, 0) is 6.07 Å². The summed E-state index contributed by atoms with van der Waals surface area (Å²) < 4.78 is 6.29. The maximum atomic E-state index is 11.8. The molecule has 0 radical (unpaired) electrons. The van der Waals surface area contributed by atoms with Gasteiger partial charge in [-0.3, -0.25) is 4.79 Å². The first-order valence-electron chi connectivity index (χ1n) is 5.55. The van der Waals surface area contributed by atoms with Gasteiger partial charge in [0.05, 0.1) is 24.7 Å². The van der Waals surface area contributed by atoms with Crippen molar-refractivity contribution >= 4 is 34.3 Å². The van der Waals surface area contributed by atoms with Crippen molar-refractivity contribution in [1.29, 1.82) is 0 Å². The van der Waals surface area contributed by atoms with Crippen LogP contribution in [0.1, 0.15) is 17.4 Å². The van der Waals surface area contributed by atoms with Crippen molar-refractivity contribution in [3.8, 4) is 0 Å². The largest absolute Gasteiger partial charge is 0.464 e. The highest BCUT2D eigenvalue weighted by molar-refractivity contribution is 6.10. The van der Waals surface area contributed by atoms with Gasteiger partial charge in [0.25, 0.3) is 0 Å². The van der Waals surface area contributed by atoms with Crippen LogP contribution >= 0.6 is 0 Å². The van der Waals surface area contributed by atoms with E-state index in [4.69, 9.17) is 10.5 Å². The number of hydrogen-bond donors (Lipinski definition) is 2. The molecule has 100 valence electrons. The number of anilines is 2. The van der Waals surface area contributed by atoms with Crippen molar-refractivity contribution in [3.63, 3.8) is 0 Å². The van der Waals surface area contributed by atoms with Gasteiger partial charge >= 0.3 is 5.97 Å². The van der Waals surface area contributed by atoms with E-state index in [0.717, 1.165) is 0 Å². The number of fused-ring (bicyclic) bond motifs is 1. The molecular formula is C12H14N4O3. The molecule has 0 bridgehead atoms. The minimum absolute atomic E-state index is 0.228. The third-order valence-electron chi connectivity index (χ3n) is 2.73. The zero-order valence-electron chi connectivity index (χ0n) is 10.9. The molecule has 3 N–H and O–H groups in total. The maximum Gasteiger partial charge on any atom is 0.356 e. The Balaban J connectivity index is 2.80. The molecule has 0 saturated heterocycles. The number of esters is 1. The number of nitrogen functional groups attached to an aromatic ring is 1. The highest BCUT2D eigenvalue weighted by Crippen LogP contribution is 2.30. The van der Waals surface area contributed by atoms with Crippen molar-refractivity contribution in [2.45, 2.75) is 6.92 Å². The lowest BCUT2D eigenvalue weighted by atomic mass is 10.2. The standard InChI is InChI=1S/C12H14N4O3/c1-6(17)15-9-8-4-7(13)5-14-11(8)16(2)10(9)12(18)19-3/h4-5H,13H2,1-3H3,(H,15,17). The lowest BCUT2D eigenvalue weighted by Crippen LogP contribution is -2.13. The summed E-state index contributed by atoms with van der Waals surface area (Å²) in [7, 11) is 2.95. The van der Waals surface area contributed by atoms with Gasteiger partial charge < -0.3 is 20.4 Å². The van der Waals surface area contributed by atoms with Gasteiger partial charge in [0, 0.05) is 19.4 Å². The summed E-state index contributed by atoms with van der Waals surface area (Å²) in [5.41, 5.74) is 7.26. The third kappa shape index (κ3) is 2.10. The molecule has 0 saturated carbocycles. The van der Waals surface area contributed by atoms with Crippen molar-refractivity contribution in [2.75, 3.05) is 18.2 Å². The minimum atomic E-state index is -0.553. The molecule has 7 nitrogen and oxygen atoms in total. The second-order valence-corrected chi connectivity index (χ2v) is 4.10. The molecule has 2 heterocycles. The molecular weight excluding hydrogens is 248 g/mol. The van der Waals surface area contributed by atoms with Crippen LogP contribution in [0.25, 0.3) is 11.0 Å². The van der Waals surface area contributed by atoms with Gasteiger partial charge in [-0.25, -0.2) is 9.78 Å². The second kappa shape index (κ2) is 4.60. The van der Waals surface area contributed by atoms with Crippen LogP contribution in [-0.4, -0.2) is 28.5 Å². The Labute approximate surface area is 109 Å². The molecule has 0 aliphatic rings. The second-order valence-electron chi connectivity index (χ2n) is 4.10. The molecule has 0 aliphatic heterocycles. The minimum Gasteiger partial charge on any atom is -0.464 e. The fourth-order valence-electron chi connectivity index (χ4n) is 1.96. The molecule has 0 atom stereocenters. The van der Waals surface area contributed by atoms with Crippen LogP contribution in [0.15, 0.2) is 12.3 Å². The summed E-state index contributed by atoms with van der Waals surface area (Å²) in [6, 6.07) is 1.65. The summed E-state index contributed by atoms with van der Waals surface area (Å²) in [5.74, 6) is -0.845. The lowest BCUT2D eigenvalue weighted by Gasteiger charge is -2.05. The van der Waals surface area contributed by atoms with E-state index in [2.05, 4.69) is 10.3 Å². The smallest absolute Gasteiger partial charge is 0.356 e. The monoisotopic (exact) mass is 262 g/mol. The number of aryl methyl sites for hydroxylation is 1. The summed E-state index contributed by atoms with van der Waals surface area (Å²) in [6.45, 7) is 1.36. The third-order valence-corrected chi connectivity index (χ3v) is 2.73. The van der Waals surface area contributed by atoms with E-state index in [-0.39, 0.29) is 11.6 Å². The van der Waals surface area contributed by atoms with Crippen LogP contribution in [0.2, 0.25) is 0 Å². The highest BCUT2D eigenvalue weighted by atomic mass is 16.5. The van der Waals surface area contributed by atoms with Crippen molar-refractivity contribution in [2.24, 2.45) is 7.05 Å². The number of rotatable bonds is 2. The molecule has 19 heavy (non-hydrogen) atoms. The number of hydrogen-bond acceptors (Lipinski definition) is 5. The van der Waals surface area contributed by atoms with E-state index < -0.39 is 5.97 Å². The van der Waals surface area contributed by atoms with E-state index in [1.807, 2.05) is 0 Å². The van der Waals surface area contributed by atoms with Crippen LogP contribution in [0.4, 0.5) is 11.4 Å². The SMILES string of the molecule is COC(=O)c1c(NC(C)=O)c2cc(N)cnc2n1C. The number of methoxy groups -OCH3 is 1. The number of nitrogens with zero attached hydrogens (tertiary/aromatic N) is 2. The number of nitrogens with one attached hydrogen (secondary N) is 1. The molecule has 2 aromatic heterocycles. The summed E-state index contributed by atoms with van der Waals surface area (Å²) in [4.78, 5) is 27.3. The number of aromatic nitrogens is 2. The van der Waals surface area contributed by atoms with Gasteiger partial charge in [0.1, 0.15) is 5.65 Å².